The predicted molar refractivity (Wildman–Crippen MR) is 103 cm³/mol. The van der Waals surface area contributed by atoms with Crippen molar-refractivity contribution in [2.24, 2.45) is 5.73 Å². The van der Waals surface area contributed by atoms with E-state index in [2.05, 4.69) is 4.72 Å². The molecule has 0 aliphatic carbocycles. The van der Waals surface area contributed by atoms with Crippen molar-refractivity contribution < 1.29 is 27.2 Å². The van der Waals surface area contributed by atoms with Crippen molar-refractivity contribution >= 4 is 21.9 Å². The number of ether oxygens (including phenoxy) is 1. The van der Waals surface area contributed by atoms with E-state index < -0.39 is 28.0 Å². The number of furan rings is 1. The number of rotatable bonds is 8. The zero-order chi connectivity index (χ0) is 20.9. The summed E-state index contributed by atoms with van der Waals surface area (Å²) in [5.41, 5.74) is 5.73. The lowest BCUT2D eigenvalue weighted by molar-refractivity contribution is -0.127. The van der Waals surface area contributed by atoms with E-state index in [1.54, 1.807) is 42.5 Å². The second-order valence-corrected chi connectivity index (χ2v) is 7.80. The Morgan fingerprint density at radius 3 is 2.45 bits per heavy atom. The minimum atomic E-state index is -3.90. The maximum atomic E-state index is 12.5. The lowest BCUT2D eigenvalue weighted by Crippen LogP contribution is -2.26. The third-order valence-electron chi connectivity index (χ3n) is 3.98. The summed E-state index contributed by atoms with van der Waals surface area (Å²) < 4.78 is 37.6. The van der Waals surface area contributed by atoms with Crippen LogP contribution >= 0.6 is 0 Å². The number of esters is 1. The number of carbonyl (C=O) groups is 2. The molecule has 0 saturated heterocycles. The fourth-order valence-electron chi connectivity index (χ4n) is 2.55. The van der Waals surface area contributed by atoms with Crippen molar-refractivity contribution in [3.8, 4) is 0 Å². The van der Waals surface area contributed by atoms with E-state index >= 15 is 0 Å². The van der Waals surface area contributed by atoms with E-state index in [0.29, 0.717) is 11.3 Å². The van der Waals surface area contributed by atoms with Gasteiger partial charge in [-0.1, -0.05) is 36.4 Å². The van der Waals surface area contributed by atoms with Crippen LogP contribution in [0.2, 0.25) is 0 Å². The Bertz CT molecular complexity index is 1100. The summed E-state index contributed by atoms with van der Waals surface area (Å²) in [6.45, 7) is -0.0399. The first kappa shape index (κ1) is 20.3. The molecular formula is C20H18N2O6S. The van der Waals surface area contributed by atoms with Crippen molar-refractivity contribution in [3.63, 3.8) is 0 Å². The topological polar surface area (TPSA) is 129 Å². The Kier molecular flexibility index (Phi) is 6.10. The van der Waals surface area contributed by atoms with Crippen molar-refractivity contribution in [2.75, 3.05) is 0 Å². The lowest BCUT2D eigenvalue weighted by atomic mass is 10.1. The van der Waals surface area contributed by atoms with E-state index in [1.165, 1.54) is 24.5 Å². The molecule has 0 aliphatic rings. The highest BCUT2D eigenvalue weighted by Gasteiger charge is 2.24. The van der Waals surface area contributed by atoms with Crippen LogP contribution in [0.4, 0.5) is 0 Å². The lowest BCUT2D eigenvalue weighted by Gasteiger charge is -2.15. The van der Waals surface area contributed by atoms with E-state index in [-0.39, 0.29) is 17.0 Å². The molecule has 1 aromatic heterocycles. The Balaban J connectivity index is 1.77. The molecule has 0 spiro atoms. The van der Waals surface area contributed by atoms with Gasteiger partial charge in [0.1, 0.15) is 5.76 Å². The van der Waals surface area contributed by atoms with Gasteiger partial charge >= 0.3 is 5.97 Å². The molecule has 0 aliphatic heterocycles. The van der Waals surface area contributed by atoms with Crippen LogP contribution in [0, 0.1) is 0 Å². The minimum absolute atomic E-state index is 0.0342. The van der Waals surface area contributed by atoms with E-state index in [1.807, 2.05) is 0 Å². The molecule has 0 saturated carbocycles. The van der Waals surface area contributed by atoms with Gasteiger partial charge in [-0.25, -0.2) is 17.9 Å². The Morgan fingerprint density at radius 2 is 1.79 bits per heavy atom. The molecule has 29 heavy (non-hydrogen) atoms. The van der Waals surface area contributed by atoms with E-state index in [4.69, 9.17) is 14.9 Å². The molecule has 9 heteroatoms. The smallest absolute Gasteiger partial charge is 0.339 e. The second-order valence-electron chi connectivity index (χ2n) is 6.03. The Morgan fingerprint density at radius 1 is 1.03 bits per heavy atom. The predicted octanol–water partition coefficient (Wildman–Crippen LogP) is 2.14. The normalized spacial score (nSPS) is 12.3. The average molecular weight is 414 g/mol. The van der Waals surface area contributed by atoms with E-state index in [9.17, 15) is 18.0 Å². The van der Waals surface area contributed by atoms with Crippen LogP contribution in [-0.2, 0) is 26.1 Å². The first-order valence-corrected chi connectivity index (χ1v) is 10.0. The van der Waals surface area contributed by atoms with Crippen molar-refractivity contribution in [1.82, 2.24) is 4.72 Å². The second kappa shape index (κ2) is 8.72. The highest BCUT2D eigenvalue weighted by atomic mass is 32.2. The maximum Gasteiger partial charge on any atom is 0.339 e. The number of amides is 1. The van der Waals surface area contributed by atoms with Crippen LogP contribution in [-0.4, -0.2) is 20.3 Å². The first-order valence-electron chi connectivity index (χ1n) is 8.54. The van der Waals surface area contributed by atoms with Gasteiger partial charge in [-0.3, -0.25) is 4.79 Å². The van der Waals surface area contributed by atoms with Crippen LogP contribution in [0.25, 0.3) is 0 Å². The summed E-state index contributed by atoms with van der Waals surface area (Å²) in [5.74, 6) is -1.27. The molecule has 1 heterocycles. The third-order valence-corrected chi connectivity index (χ3v) is 5.38. The largest absolute Gasteiger partial charge is 0.468 e. The summed E-state index contributed by atoms with van der Waals surface area (Å²) in [5, 5.41) is 0. The molecule has 2 aromatic carbocycles. The molecular weight excluding hydrogens is 396 g/mol. The van der Waals surface area contributed by atoms with Crippen LogP contribution in [0.15, 0.2) is 82.3 Å². The highest BCUT2D eigenvalue weighted by Crippen LogP contribution is 2.20. The maximum absolute atomic E-state index is 12.5. The summed E-state index contributed by atoms with van der Waals surface area (Å²) in [7, 11) is -3.90. The van der Waals surface area contributed by atoms with Crippen LogP contribution < -0.4 is 10.5 Å². The Labute approximate surface area is 167 Å². The molecule has 0 radical (unpaired) electrons. The number of nitrogens with one attached hydrogen (secondary N) is 1. The van der Waals surface area contributed by atoms with Gasteiger partial charge in [0, 0.05) is 5.56 Å². The van der Waals surface area contributed by atoms with Gasteiger partial charge in [0.05, 0.1) is 23.3 Å². The fraction of sp³-hybridized carbons (Fsp3) is 0.100. The number of primary amides is 1. The van der Waals surface area contributed by atoms with Gasteiger partial charge in [-0.15, -0.1) is 0 Å². The summed E-state index contributed by atoms with van der Waals surface area (Å²) in [6.07, 6.45) is 0.142. The van der Waals surface area contributed by atoms with Gasteiger partial charge in [0.2, 0.25) is 16.1 Å². The molecule has 3 aromatic rings. The van der Waals surface area contributed by atoms with Crippen LogP contribution in [0.1, 0.15) is 27.8 Å². The molecule has 3 rings (SSSR count). The van der Waals surface area contributed by atoms with Crippen LogP contribution in [0.5, 0.6) is 0 Å². The molecule has 0 bridgehead atoms. The van der Waals surface area contributed by atoms with Gasteiger partial charge in [-0.05, 0) is 30.3 Å². The average Bonchev–Trinajstić information content (AvgIpc) is 3.25. The highest BCUT2D eigenvalue weighted by molar-refractivity contribution is 7.89. The molecule has 3 N–H and O–H groups in total. The van der Waals surface area contributed by atoms with Crippen molar-refractivity contribution in [3.05, 3.63) is 89.9 Å². The third kappa shape index (κ3) is 5.09. The summed E-state index contributed by atoms with van der Waals surface area (Å²) in [4.78, 5) is 24.1. The fourth-order valence-corrected chi connectivity index (χ4v) is 3.58. The van der Waals surface area contributed by atoms with Gasteiger partial charge < -0.3 is 14.9 Å². The number of hydrogen-bond donors (Lipinski definition) is 2. The molecule has 0 fully saturated rings. The SMILES string of the molecule is NC(=O)C(OC(=O)c1cccc(S(=O)(=O)NCc2ccco2)c1)c1ccccc1. The van der Waals surface area contributed by atoms with Crippen molar-refractivity contribution in [1.29, 1.82) is 0 Å². The van der Waals surface area contributed by atoms with Gasteiger partial charge in [-0.2, -0.15) is 0 Å². The molecule has 8 nitrogen and oxygen atoms in total. The molecule has 1 unspecified atom stereocenters. The zero-order valence-corrected chi connectivity index (χ0v) is 16.0. The number of nitrogens with two attached hydrogens (primary N) is 1. The number of carbonyl (C=O) groups excluding carboxylic acids is 2. The van der Waals surface area contributed by atoms with Gasteiger partial charge in [0.25, 0.3) is 5.91 Å². The molecule has 1 atom stereocenters. The van der Waals surface area contributed by atoms with Crippen molar-refractivity contribution in [2.45, 2.75) is 17.5 Å². The number of sulfonamides is 1. The standard InChI is InChI=1S/C20H18N2O6S/c21-19(23)18(14-6-2-1-3-7-14)28-20(24)15-8-4-10-17(12-15)29(25,26)22-13-16-9-5-11-27-16/h1-12,18,22H,13H2,(H2,21,23). The zero-order valence-electron chi connectivity index (χ0n) is 15.1. The Hall–Kier alpha value is -3.43. The number of benzene rings is 2. The first-order chi connectivity index (χ1) is 13.9. The van der Waals surface area contributed by atoms with Crippen LogP contribution in [0.3, 0.4) is 0 Å². The quantitative estimate of drug-likeness (QED) is 0.544. The molecule has 1 amide bonds. The minimum Gasteiger partial charge on any atom is -0.468 e. The summed E-state index contributed by atoms with van der Waals surface area (Å²) in [6, 6.07) is 16.9. The summed E-state index contributed by atoms with van der Waals surface area (Å²) >= 11 is 0. The van der Waals surface area contributed by atoms with Gasteiger partial charge in [0.15, 0.2) is 0 Å². The molecule has 150 valence electrons. The monoisotopic (exact) mass is 414 g/mol. The van der Waals surface area contributed by atoms with E-state index in [0.717, 1.165) is 6.07 Å². The number of hydrogen-bond acceptors (Lipinski definition) is 6.